The summed E-state index contributed by atoms with van der Waals surface area (Å²) in [6.45, 7) is -0.710. The van der Waals surface area contributed by atoms with Gasteiger partial charge >= 0.3 is 0 Å². The number of nitro groups is 2. The average molecular weight is 214 g/mol. The smallest absolute Gasteiger partial charge is 0.280 e. The van der Waals surface area contributed by atoms with Crippen molar-refractivity contribution < 1.29 is 19.7 Å². The van der Waals surface area contributed by atoms with Crippen LogP contribution in [0.25, 0.3) is 0 Å². The van der Waals surface area contributed by atoms with Crippen LogP contribution in [0.15, 0.2) is 18.2 Å². The Hall–Kier alpha value is -2.22. The van der Waals surface area contributed by atoms with Gasteiger partial charge in [0.1, 0.15) is 5.75 Å². The lowest BCUT2D eigenvalue weighted by molar-refractivity contribution is -0.394. The number of hydrogen-bond acceptors (Lipinski definition) is 6. The fourth-order valence-electron chi connectivity index (χ4n) is 0.937. The zero-order valence-corrected chi connectivity index (χ0v) is 7.32. The van der Waals surface area contributed by atoms with Crippen LogP contribution in [-0.4, -0.2) is 21.7 Å². The largest absolute Gasteiger partial charge is 0.467 e. The molecule has 0 aliphatic carbocycles. The third-order valence-electron chi connectivity index (χ3n) is 1.53. The molecule has 15 heavy (non-hydrogen) atoms. The summed E-state index contributed by atoms with van der Waals surface area (Å²) in [5.41, 5.74) is -0.930. The molecule has 1 aromatic carbocycles. The highest BCUT2D eigenvalue weighted by Crippen LogP contribution is 2.27. The molecule has 0 heterocycles. The third kappa shape index (κ3) is 2.61. The van der Waals surface area contributed by atoms with Crippen LogP contribution in [0.2, 0.25) is 0 Å². The maximum Gasteiger partial charge on any atom is 0.280 e. The molecule has 0 radical (unpaired) electrons. The van der Waals surface area contributed by atoms with Crippen molar-refractivity contribution in [3.8, 4) is 5.75 Å². The van der Waals surface area contributed by atoms with Crippen molar-refractivity contribution in [1.29, 1.82) is 0 Å². The van der Waals surface area contributed by atoms with Gasteiger partial charge in [0.05, 0.1) is 28.0 Å². The lowest BCUT2D eigenvalue weighted by atomic mass is 10.2. The topological polar surface area (TPSA) is 116 Å². The Labute approximate surface area is 83.0 Å². The SMILES string of the molecule is O=[N+]([O-])c1cc(OCO)cc([N+](=O)[O-])c1. The summed E-state index contributed by atoms with van der Waals surface area (Å²) >= 11 is 0. The van der Waals surface area contributed by atoms with E-state index < -0.39 is 28.0 Å². The molecule has 1 aromatic rings. The molecule has 0 saturated carbocycles. The molecule has 0 bridgehead atoms. The number of non-ortho nitro benzene ring substituents is 2. The van der Waals surface area contributed by atoms with E-state index in [-0.39, 0.29) is 5.75 Å². The highest BCUT2D eigenvalue weighted by molar-refractivity contribution is 5.49. The van der Waals surface area contributed by atoms with Crippen LogP contribution < -0.4 is 4.74 Å². The molecular weight excluding hydrogens is 208 g/mol. The molecule has 80 valence electrons. The van der Waals surface area contributed by atoms with Crippen LogP contribution in [0.5, 0.6) is 5.75 Å². The van der Waals surface area contributed by atoms with Crippen LogP contribution in [0, 0.1) is 20.2 Å². The summed E-state index contributed by atoms with van der Waals surface area (Å²) < 4.78 is 4.53. The lowest BCUT2D eigenvalue weighted by Gasteiger charge is -2.01. The zero-order valence-electron chi connectivity index (χ0n) is 7.32. The van der Waals surface area contributed by atoms with Crippen LogP contribution in [0.3, 0.4) is 0 Å². The quantitative estimate of drug-likeness (QED) is 0.450. The molecule has 0 aliphatic heterocycles. The van der Waals surface area contributed by atoms with Gasteiger partial charge in [-0.1, -0.05) is 0 Å². The second-order valence-electron chi connectivity index (χ2n) is 2.47. The van der Waals surface area contributed by atoms with E-state index in [4.69, 9.17) is 5.11 Å². The maximum atomic E-state index is 10.4. The van der Waals surface area contributed by atoms with Crippen molar-refractivity contribution >= 4 is 11.4 Å². The van der Waals surface area contributed by atoms with Crippen LogP contribution in [0.1, 0.15) is 0 Å². The average Bonchev–Trinajstić information content (AvgIpc) is 2.17. The second kappa shape index (κ2) is 4.33. The monoisotopic (exact) mass is 214 g/mol. The van der Waals surface area contributed by atoms with Crippen molar-refractivity contribution in [3.05, 3.63) is 38.4 Å². The first-order valence-electron chi connectivity index (χ1n) is 3.72. The van der Waals surface area contributed by atoms with Crippen molar-refractivity contribution in [2.75, 3.05) is 6.79 Å². The van der Waals surface area contributed by atoms with Gasteiger partial charge in [0.15, 0.2) is 6.79 Å². The van der Waals surface area contributed by atoms with Gasteiger partial charge in [0.25, 0.3) is 11.4 Å². The number of nitrogens with zero attached hydrogens (tertiary/aromatic N) is 2. The number of hydrogen-bond donors (Lipinski definition) is 1. The van der Waals surface area contributed by atoms with E-state index in [9.17, 15) is 20.2 Å². The van der Waals surface area contributed by atoms with E-state index in [2.05, 4.69) is 4.74 Å². The Morgan fingerprint density at radius 3 is 1.93 bits per heavy atom. The predicted octanol–water partition coefficient (Wildman–Crippen LogP) is 0.832. The Morgan fingerprint density at radius 1 is 1.13 bits per heavy atom. The molecule has 8 heteroatoms. The van der Waals surface area contributed by atoms with Crippen LogP contribution in [-0.2, 0) is 0 Å². The highest BCUT2D eigenvalue weighted by atomic mass is 16.6. The van der Waals surface area contributed by atoms with Crippen LogP contribution in [0.4, 0.5) is 11.4 Å². The molecule has 0 atom stereocenters. The minimum Gasteiger partial charge on any atom is -0.467 e. The lowest BCUT2D eigenvalue weighted by Crippen LogP contribution is -1.98. The van der Waals surface area contributed by atoms with Crippen molar-refractivity contribution in [2.45, 2.75) is 0 Å². The molecule has 1 N–H and O–H groups in total. The van der Waals surface area contributed by atoms with Crippen molar-refractivity contribution in [1.82, 2.24) is 0 Å². The predicted molar refractivity (Wildman–Crippen MR) is 47.5 cm³/mol. The van der Waals surface area contributed by atoms with E-state index in [1.165, 1.54) is 0 Å². The first-order chi connectivity index (χ1) is 7.04. The zero-order chi connectivity index (χ0) is 11.4. The maximum absolute atomic E-state index is 10.4. The number of ether oxygens (including phenoxy) is 1. The van der Waals surface area contributed by atoms with Gasteiger partial charge in [-0.15, -0.1) is 0 Å². The van der Waals surface area contributed by atoms with Gasteiger partial charge in [0.2, 0.25) is 0 Å². The van der Waals surface area contributed by atoms with Gasteiger partial charge < -0.3 is 9.84 Å². The Balaban J connectivity index is 3.19. The van der Waals surface area contributed by atoms with E-state index in [0.29, 0.717) is 0 Å². The molecule has 8 nitrogen and oxygen atoms in total. The summed E-state index contributed by atoms with van der Waals surface area (Å²) in [5, 5.41) is 29.2. The fourth-order valence-corrected chi connectivity index (χ4v) is 0.937. The van der Waals surface area contributed by atoms with Crippen LogP contribution >= 0.6 is 0 Å². The first kappa shape index (κ1) is 10.9. The van der Waals surface area contributed by atoms with E-state index >= 15 is 0 Å². The molecule has 0 spiro atoms. The van der Waals surface area contributed by atoms with Crippen molar-refractivity contribution in [2.24, 2.45) is 0 Å². The molecule has 1 rings (SSSR count). The van der Waals surface area contributed by atoms with Gasteiger partial charge in [-0.25, -0.2) is 0 Å². The Bertz CT molecular complexity index is 372. The number of benzene rings is 1. The number of rotatable bonds is 4. The van der Waals surface area contributed by atoms with E-state index in [1.54, 1.807) is 0 Å². The number of aliphatic hydroxyl groups is 1. The first-order valence-corrected chi connectivity index (χ1v) is 3.72. The highest BCUT2D eigenvalue weighted by Gasteiger charge is 2.16. The number of aliphatic hydroxyl groups excluding tert-OH is 1. The second-order valence-corrected chi connectivity index (χ2v) is 2.47. The molecule has 0 aromatic heterocycles. The third-order valence-corrected chi connectivity index (χ3v) is 1.53. The minimum atomic E-state index is -0.781. The summed E-state index contributed by atoms with van der Waals surface area (Å²) in [7, 11) is 0. The van der Waals surface area contributed by atoms with Gasteiger partial charge in [-0.2, -0.15) is 0 Å². The van der Waals surface area contributed by atoms with Gasteiger partial charge in [-0.3, -0.25) is 20.2 Å². The fraction of sp³-hybridized carbons (Fsp3) is 0.143. The molecule has 0 saturated heterocycles. The molecule has 0 aliphatic rings. The van der Waals surface area contributed by atoms with E-state index in [1.807, 2.05) is 0 Å². The molecule has 0 unspecified atom stereocenters. The molecule has 0 amide bonds. The van der Waals surface area contributed by atoms with E-state index in [0.717, 1.165) is 18.2 Å². The summed E-state index contributed by atoms with van der Waals surface area (Å²) in [5.74, 6) is -0.126. The molecular formula is C7H6N2O6. The Kier molecular flexibility index (Phi) is 3.13. The Morgan fingerprint density at radius 2 is 1.60 bits per heavy atom. The standard InChI is InChI=1S/C7H6N2O6/c10-4-15-7-2-5(8(11)12)1-6(3-7)9(13)14/h1-3,10H,4H2. The summed E-state index contributed by atoms with van der Waals surface area (Å²) in [6.07, 6.45) is 0. The summed E-state index contributed by atoms with van der Waals surface area (Å²) in [6, 6.07) is 2.79. The molecule has 0 fully saturated rings. The number of nitro benzene ring substituents is 2. The van der Waals surface area contributed by atoms with Gasteiger partial charge in [-0.05, 0) is 0 Å². The van der Waals surface area contributed by atoms with Gasteiger partial charge in [0, 0.05) is 0 Å². The normalized spacial score (nSPS) is 9.67. The minimum absolute atomic E-state index is 0.126. The van der Waals surface area contributed by atoms with Crippen molar-refractivity contribution in [3.63, 3.8) is 0 Å². The summed E-state index contributed by atoms with van der Waals surface area (Å²) in [4.78, 5) is 19.2.